The van der Waals surface area contributed by atoms with Crippen LogP contribution in [0.25, 0.3) is 21.5 Å². The van der Waals surface area contributed by atoms with E-state index in [1.54, 1.807) is 72.8 Å². The van der Waals surface area contributed by atoms with E-state index in [2.05, 4.69) is 0 Å². The van der Waals surface area contributed by atoms with Crippen LogP contribution in [0.4, 0.5) is 0 Å². The summed E-state index contributed by atoms with van der Waals surface area (Å²) in [6.07, 6.45) is 5.10. The highest BCUT2D eigenvalue weighted by Crippen LogP contribution is 2.33. The van der Waals surface area contributed by atoms with Gasteiger partial charge in [0.25, 0.3) is 20.2 Å². The zero-order valence-electron chi connectivity index (χ0n) is 20.7. The van der Waals surface area contributed by atoms with Gasteiger partial charge in [0.1, 0.15) is 21.3 Å². The minimum atomic E-state index is -4.45. The lowest BCUT2D eigenvalue weighted by molar-refractivity contribution is 0.289. The third kappa shape index (κ3) is 6.82. The monoisotopic (exact) mass is 558 g/mol. The van der Waals surface area contributed by atoms with Gasteiger partial charge in [0, 0.05) is 10.8 Å². The smallest absolute Gasteiger partial charge is 0.298 e. The number of hydrogen-bond acceptors (Lipinski definition) is 6. The summed E-state index contributed by atoms with van der Waals surface area (Å²) >= 11 is 0. The van der Waals surface area contributed by atoms with Crippen LogP contribution in [-0.2, 0) is 20.2 Å². The summed E-state index contributed by atoms with van der Waals surface area (Å²) in [4.78, 5) is -0.418. The average Bonchev–Trinajstić information content (AvgIpc) is 2.87. The van der Waals surface area contributed by atoms with Crippen molar-refractivity contribution in [2.45, 2.75) is 48.3 Å². The Hall–Kier alpha value is -3.18. The second kappa shape index (κ2) is 12.1. The lowest BCUT2D eigenvalue weighted by Crippen LogP contribution is -2.06. The predicted octanol–water partition coefficient (Wildman–Crippen LogP) is 6.28. The minimum absolute atomic E-state index is 0.140. The molecule has 4 rings (SSSR count). The SMILES string of the molecule is O=S(=O)(O)c1c(OCCCCCCCCOc2ccc3ccccc3c2S(=O)(=O)O)ccc2ccccc12. The number of hydrogen-bond donors (Lipinski definition) is 2. The van der Waals surface area contributed by atoms with Crippen molar-refractivity contribution in [2.24, 2.45) is 0 Å². The number of ether oxygens (including phenoxy) is 2. The van der Waals surface area contributed by atoms with E-state index < -0.39 is 20.2 Å². The summed E-state index contributed by atoms with van der Waals surface area (Å²) in [5.74, 6) is 0.280. The molecule has 10 heteroatoms. The van der Waals surface area contributed by atoms with E-state index in [0.29, 0.717) is 34.8 Å². The molecule has 38 heavy (non-hydrogen) atoms. The molecule has 0 fully saturated rings. The normalized spacial score (nSPS) is 12.2. The molecule has 0 radical (unpaired) electrons. The zero-order chi connectivity index (χ0) is 27.2. The van der Waals surface area contributed by atoms with Crippen molar-refractivity contribution in [3.05, 3.63) is 72.8 Å². The van der Waals surface area contributed by atoms with Crippen molar-refractivity contribution in [3.63, 3.8) is 0 Å². The Balaban J connectivity index is 1.20. The van der Waals surface area contributed by atoms with Crippen molar-refractivity contribution in [3.8, 4) is 11.5 Å². The van der Waals surface area contributed by atoms with E-state index in [1.807, 2.05) is 0 Å². The molecule has 0 bridgehead atoms. The van der Waals surface area contributed by atoms with Crippen LogP contribution >= 0.6 is 0 Å². The van der Waals surface area contributed by atoms with Crippen LogP contribution in [-0.4, -0.2) is 39.2 Å². The maximum Gasteiger partial charge on any atom is 0.298 e. The number of benzene rings is 4. The first-order chi connectivity index (χ1) is 18.2. The Labute approximate surface area is 222 Å². The molecule has 0 saturated carbocycles. The van der Waals surface area contributed by atoms with E-state index in [1.165, 1.54) is 0 Å². The van der Waals surface area contributed by atoms with Crippen molar-refractivity contribution >= 4 is 41.8 Å². The molecule has 8 nitrogen and oxygen atoms in total. The highest BCUT2D eigenvalue weighted by molar-refractivity contribution is 7.86. The van der Waals surface area contributed by atoms with Gasteiger partial charge in [0.15, 0.2) is 0 Å². The van der Waals surface area contributed by atoms with Crippen LogP contribution in [0.5, 0.6) is 11.5 Å². The summed E-state index contributed by atoms with van der Waals surface area (Å²) < 4.78 is 78.7. The van der Waals surface area contributed by atoms with Crippen molar-refractivity contribution in [1.82, 2.24) is 0 Å². The summed E-state index contributed by atoms with van der Waals surface area (Å²) in [6, 6.07) is 20.5. The van der Waals surface area contributed by atoms with Crippen molar-refractivity contribution < 1.29 is 35.4 Å². The molecule has 0 heterocycles. The lowest BCUT2D eigenvalue weighted by Gasteiger charge is -2.13. The van der Waals surface area contributed by atoms with Crippen LogP contribution in [0.3, 0.4) is 0 Å². The van der Waals surface area contributed by atoms with E-state index in [0.717, 1.165) is 38.5 Å². The quantitative estimate of drug-likeness (QED) is 0.145. The summed E-state index contributed by atoms with van der Waals surface area (Å²) in [5.41, 5.74) is 0. The number of unbranched alkanes of at least 4 members (excludes halogenated alkanes) is 5. The van der Waals surface area contributed by atoms with Crippen LogP contribution in [0.1, 0.15) is 38.5 Å². The Morgan fingerprint density at radius 1 is 0.500 bits per heavy atom. The van der Waals surface area contributed by atoms with Crippen LogP contribution < -0.4 is 9.47 Å². The summed E-state index contributed by atoms with van der Waals surface area (Å²) in [7, 11) is -8.89. The predicted molar refractivity (Wildman–Crippen MR) is 146 cm³/mol. The maximum atomic E-state index is 12.0. The molecule has 202 valence electrons. The van der Waals surface area contributed by atoms with Gasteiger partial charge in [0.2, 0.25) is 0 Å². The first-order valence-electron chi connectivity index (χ1n) is 12.4. The third-order valence-corrected chi connectivity index (χ3v) is 8.13. The topological polar surface area (TPSA) is 127 Å². The maximum absolute atomic E-state index is 12.0. The van der Waals surface area contributed by atoms with E-state index in [-0.39, 0.29) is 21.3 Å². The van der Waals surface area contributed by atoms with Gasteiger partial charge < -0.3 is 9.47 Å². The van der Waals surface area contributed by atoms with Gasteiger partial charge in [-0.1, -0.05) is 86.3 Å². The largest absolute Gasteiger partial charge is 0.492 e. The number of fused-ring (bicyclic) bond motifs is 2. The molecule has 4 aromatic carbocycles. The molecule has 0 atom stereocenters. The molecule has 4 aromatic rings. The summed E-state index contributed by atoms with van der Waals surface area (Å²) in [5, 5.41) is 2.24. The Kier molecular flexibility index (Phi) is 8.88. The fourth-order valence-corrected chi connectivity index (χ4v) is 6.17. The fraction of sp³-hybridized carbons (Fsp3) is 0.286. The molecule has 0 aliphatic carbocycles. The molecule has 0 aliphatic heterocycles. The first-order valence-corrected chi connectivity index (χ1v) is 15.3. The van der Waals surface area contributed by atoms with Crippen molar-refractivity contribution in [1.29, 1.82) is 0 Å². The van der Waals surface area contributed by atoms with Gasteiger partial charge >= 0.3 is 0 Å². The second-order valence-electron chi connectivity index (χ2n) is 9.00. The second-order valence-corrected chi connectivity index (χ2v) is 11.7. The standard InChI is InChI=1S/C28H30O8S2/c29-37(30,31)27-23-13-7-5-11-21(23)15-17-25(27)35-19-9-3-1-2-4-10-20-36-26-18-16-22-12-6-8-14-24(22)28(26)38(32,33)34/h5-8,11-18H,1-4,9-10,19-20H2,(H,29,30,31)(H,32,33,34). The van der Waals surface area contributed by atoms with E-state index >= 15 is 0 Å². The molecule has 0 aromatic heterocycles. The number of rotatable bonds is 13. The van der Waals surface area contributed by atoms with Gasteiger partial charge in [-0.25, -0.2) is 0 Å². The van der Waals surface area contributed by atoms with E-state index in [9.17, 15) is 25.9 Å². The Morgan fingerprint density at radius 3 is 1.26 bits per heavy atom. The van der Waals surface area contributed by atoms with Gasteiger partial charge in [-0.2, -0.15) is 16.8 Å². The molecule has 0 amide bonds. The molecule has 0 saturated heterocycles. The highest BCUT2D eigenvalue weighted by Gasteiger charge is 2.21. The first kappa shape index (κ1) is 27.8. The average molecular weight is 559 g/mol. The molecule has 0 unspecified atom stereocenters. The zero-order valence-corrected chi connectivity index (χ0v) is 22.4. The molecule has 2 N–H and O–H groups in total. The third-order valence-electron chi connectivity index (χ3n) is 6.26. The van der Waals surface area contributed by atoms with Gasteiger partial charge in [0.05, 0.1) is 13.2 Å². The van der Waals surface area contributed by atoms with Gasteiger partial charge in [-0.05, 0) is 35.7 Å². The van der Waals surface area contributed by atoms with Crippen molar-refractivity contribution in [2.75, 3.05) is 13.2 Å². The van der Waals surface area contributed by atoms with Crippen LogP contribution in [0.15, 0.2) is 82.6 Å². The fourth-order valence-electron chi connectivity index (χ4n) is 4.48. The molecule has 0 aliphatic rings. The summed E-state index contributed by atoms with van der Waals surface area (Å²) in [6.45, 7) is 0.648. The van der Waals surface area contributed by atoms with Crippen LogP contribution in [0, 0.1) is 0 Å². The molecular weight excluding hydrogens is 528 g/mol. The molecule has 0 spiro atoms. The highest BCUT2D eigenvalue weighted by atomic mass is 32.2. The van der Waals surface area contributed by atoms with E-state index in [4.69, 9.17) is 9.47 Å². The van der Waals surface area contributed by atoms with Gasteiger partial charge in [-0.15, -0.1) is 0 Å². The Bertz CT molecular complexity index is 1510. The van der Waals surface area contributed by atoms with Gasteiger partial charge in [-0.3, -0.25) is 9.11 Å². The minimum Gasteiger partial charge on any atom is -0.492 e. The lowest BCUT2D eigenvalue weighted by atomic mass is 10.1. The molecular formula is C28H30O8S2. The Morgan fingerprint density at radius 2 is 0.868 bits per heavy atom. The van der Waals surface area contributed by atoms with Crippen LogP contribution in [0.2, 0.25) is 0 Å².